The Morgan fingerprint density at radius 3 is 2.62 bits per heavy atom. The molecule has 2 rings (SSSR count). The Morgan fingerprint density at radius 2 is 2.06 bits per heavy atom. The van der Waals surface area contributed by atoms with Crippen molar-refractivity contribution >= 4 is 17.4 Å². The van der Waals surface area contributed by atoms with Crippen molar-refractivity contribution in [3.05, 3.63) is 41.3 Å². The number of aromatic nitrogens is 2. The lowest BCUT2D eigenvalue weighted by atomic mass is 10.3. The summed E-state index contributed by atoms with van der Waals surface area (Å²) in [5, 5.41) is 0.689. The van der Waals surface area contributed by atoms with E-state index in [4.69, 9.17) is 22.1 Å². The molecule has 1 heterocycles. The highest BCUT2D eigenvalue weighted by molar-refractivity contribution is 6.30. The summed E-state index contributed by atoms with van der Waals surface area (Å²) in [6.45, 7) is 0.384. The van der Waals surface area contributed by atoms with E-state index in [1.165, 1.54) is 0 Å². The quantitative estimate of drug-likeness (QED) is 0.891. The number of rotatable bonds is 3. The number of hydrogen-bond acceptors (Lipinski definition) is 3. The van der Waals surface area contributed by atoms with Gasteiger partial charge in [-0.15, -0.1) is 0 Å². The lowest BCUT2D eigenvalue weighted by Crippen LogP contribution is -2.05. The van der Waals surface area contributed by atoms with E-state index < -0.39 is 0 Å². The van der Waals surface area contributed by atoms with Gasteiger partial charge in [0.2, 0.25) is 0 Å². The number of nitrogen functional groups attached to an aromatic ring is 1. The summed E-state index contributed by atoms with van der Waals surface area (Å²) in [5.41, 5.74) is 5.66. The van der Waals surface area contributed by atoms with Crippen LogP contribution in [0.1, 0.15) is 5.82 Å². The van der Waals surface area contributed by atoms with E-state index in [1.807, 2.05) is 19.2 Å². The van der Waals surface area contributed by atoms with Gasteiger partial charge in [-0.05, 0) is 24.3 Å². The summed E-state index contributed by atoms with van der Waals surface area (Å²) in [6, 6.07) is 7.19. The molecule has 0 bridgehead atoms. The molecule has 0 atom stereocenters. The average molecular weight is 238 g/mol. The largest absolute Gasteiger partial charge is 0.486 e. The third kappa shape index (κ3) is 2.28. The molecule has 0 saturated carbocycles. The Morgan fingerprint density at radius 1 is 1.38 bits per heavy atom. The molecule has 1 aromatic carbocycles. The standard InChI is InChI=1S/C11H12ClN3O/c1-15-10(13)6-14-11(15)7-16-9-4-2-8(12)3-5-9/h2-6H,7,13H2,1H3. The van der Waals surface area contributed by atoms with Crippen molar-refractivity contribution in [2.75, 3.05) is 5.73 Å². The van der Waals surface area contributed by atoms with Crippen LogP contribution in [0.15, 0.2) is 30.5 Å². The number of imidazole rings is 1. The highest BCUT2D eigenvalue weighted by Crippen LogP contribution is 2.16. The van der Waals surface area contributed by atoms with Crippen molar-refractivity contribution in [1.29, 1.82) is 0 Å². The molecule has 0 fully saturated rings. The molecule has 0 spiro atoms. The Labute approximate surface area is 98.6 Å². The molecule has 0 unspecified atom stereocenters. The minimum atomic E-state index is 0.384. The summed E-state index contributed by atoms with van der Waals surface area (Å²) in [4.78, 5) is 4.13. The zero-order valence-electron chi connectivity index (χ0n) is 8.85. The minimum Gasteiger partial charge on any atom is -0.486 e. The van der Waals surface area contributed by atoms with Crippen LogP contribution in [0.5, 0.6) is 5.75 Å². The van der Waals surface area contributed by atoms with Gasteiger partial charge in [0, 0.05) is 12.1 Å². The van der Waals surface area contributed by atoms with Crippen LogP contribution < -0.4 is 10.5 Å². The van der Waals surface area contributed by atoms with Crippen molar-refractivity contribution < 1.29 is 4.74 Å². The molecule has 0 aliphatic carbocycles. The summed E-state index contributed by atoms with van der Waals surface area (Å²) in [7, 11) is 1.85. The second kappa shape index (κ2) is 4.45. The molecular weight excluding hydrogens is 226 g/mol. The number of benzene rings is 1. The maximum absolute atomic E-state index is 5.77. The zero-order chi connectivity index (χ0) is 11.5. The summed E-state index contributed by atoms with van der Waals surface area (Å²) in [5.74, 6) is 2.16. The lowest BCUT2D eigenvalue weighted by molar-refractivity contribution is 0.292. The highest BCUT2D eigenvalue weighted by atomic mass is 35.5. The molecular formula is C11H12ClN3O. The van der Waals surface area contributed by atoms with Gasteiger partial charge in [-0.3, -0.25) is 0 Å². The Balaban J connectivity index is 2.02. The number of ether oxygens (including phenoxy) is 1. The number of nitrogens with zero attached hydrogens (tertiary/aromatic N) is 2. The third-order valence-electron chi connectivity index (χ3n) is 2.30. The molecule has 0 amide bonds. The van der Waals surface area contributed by atoms with Gasteiger partial charge in [0.15, 0.2) is 0 Å². The molecule has 0 aliphatic rings. The Hall–Kier alpha value is -1.68. The average Bonchev–Trinajstić information content (AvgIpc) is 2.60. The van der Waals surface area contributed by atoms with Gasteiger partial charge in [0.25, 0.3) is 0 Å². The molecule has 2 N–H and O–H groups in total. The number of halogens is 1. The molecule has 0 aliphatic heterocycles. The molecule has 4 nitrogen and oxygen atoms in total. The minimum absolute atomic E-state index is 0.384. The van der Waals surface area contributed by atoms with Gasteiger partial charge in [0.05, 0.1) is 6.20 Å². The Bertz CT molecular complexity index is 478. The van der Waals surface area contributed by atoms with Gasteiger partial charge in [-0.2, -0.15) is 0 Å². The molecule has 0 saturated heterocycles. The first-order valence-electron chi connectivity index (χ1n) is 4.81. The molecule has 5 heteroatoms. The predicted octanol–water partition coefficient (Wildman–Crippen LogP) is 2.23. The maximum atomic E-state index is 5.77. The van der Waals surface area contributed by atoms with Crippen LogP contribution in [-0.4, -0.2) is 9.55 Å². The highest BCUT2D eigenvalue weighted by Gasteiger charge is 2.04. The maximum Gasteiger partial charge on any atom is 0.148 e. The zero-order valence-corrected chi connectivity index (χ0v) is 9.61. The van der Waals surface area contributed by atoms with Crippen LogP contribution in [0.25, 0.3) is 0 Å². The fourth-order valence-corrected chi connectivity index (χ4v) is 1.40. The van der Waals surface area contributed by atoms with E-state index in [2.05, 4.69) is 4.98 Å². The van der Waals surface area contributed by atoms with E-state index in [0.717, 1.165) is 11.6 Å². The number of anilines is 1. The summed E-state index contributed by atoms with van der Waals surface area (Å²) >= 11 is 5.77. The van der Waals surface area contributed by atoms with Crippen LogP contribution in [0, 0.1) is 0 Å². The van der Waals surface area contributed by atoms with Crippen LogP contribution in [0.2, 0.25) is 5.02 Å². The second-order valence-electron chi connectivity index (χ2n) is 3.40. The first-order chi connectivity index (χ1) is 7.66. The van der Waals surface area contributed by atoms with Crippen LogP contribution >= 0.6 is 11.6 Å². The van der Waals surface area contributed by atoms with Crippen molar-refractivity contribution in [2.45, 2.75) is 6.61 Å². The number of nitrogens with two attached hydrogens (primary N) is 1. The van der Waals surface area contributed by atoms with Crippen molar-refractivity contribution in [3.8, 4) is 5.75 Å². The van der Waals surface area contributed by atoms with Crippen molar-refractivity contribution in [2.24, 2.45) is 7.05 Å². The topological polar surface area (TPSA) is 53.1 Å². The number of hydrogen-bond donors (Lipinski definition) is 1. The smallest absolute Gasteiger partial charge is 0.148 e. The lowest BCUT2D eigenvalue weighted by Gasteiger charge is -2.06. The molecule has 84 valence electrons. The van der Waals surface area contributed by atoms with Crippen LogP contribution in [0.4, 0.5) is 5.82 Å². The Kier molecular flexibility index (Phi) is 3.01. The molecule has 1 aromatic heterocycles. The van der Waals surface area contributed by atoms with E-state index in [1.54, 1.807) is 22.9 Å². The predicted molar refractivity (Wildman–Crippen MR) is 63.4 cm³/mol. The molecule has 0 radical (unpaired) electrons. The van der Waals surface area contributed by atoms with Gasteiger partial charge in [-0.1, -0.05) is 11.6 Å². The van der Waals surface area contributed by atoms with Crippen molar-refractivity contribution in [1.82, 2.24) is 9.55 Å². The first kappa shape index (κ1) is 10.8. The SMILES string of the molecule is Cn1c(N)cnc1COc1ccc(Cl)cc1. The monoisotopic (exact) mass is 237 g/mol. The van der Waals surface area contributed by atoms with Gasteiger partial charge >= 0.3 is 0 Å². The van der Waals surface area contributed by atoms with Crippen molar-refractivity contribution in [3.63, 3.8) is 0 Å². The van der Waals surface area contributed by atoms with Crippen LogP contribution in [0.3, 0.4) is 0 Å². The van der Waals surface area contributed by atoms with Crippen LogP contribution in [-0.2, 0) is 13.7 Å². The fourth-order valence-electron chi connectivity index (χ4n) is 1.28. The van der Waals surface area contributed by atoms with Gasteiger partial charge in [0.1, 0.15) is 24.0 Å². The van der Waals surface area contributed by atoms with E-state index in [0.29, 0.717) is 17.4 Å². The van der Waals surface area contributed by atoms with Gasteiger partial charge < -0.3 is 15.0 Å². The molecule has 16 heavy (non-hydrogen) atoms. The normalized spacial score (nSPS) is 10.4. The second-order valence-corrected chi connectivity index (χ2v) is 3.84. The van der Waals surface area contributed by atoms with Gasteiger partial charge in [-0.25, -0.2) is 4.98 Å². The summed E-state index contributed by atoms with van der Waals surface area (Å²) in [6.07, 6.45) is 1.61. The fraction of sp³-hybridized carbons (Fsp3) is 0.182. The first-order valence-corrected chi connectivity index (χ1v) is 5.19. The van der Waals surface area contributed by atoms with E-state index >= 15 is 0 Å². The van der Waals surface area contributed by atoms with E-state index in [9.17, 15) is 0 Å². The molecule has 2 aromatic rings. The summed E-state index contributed by atoms with van der Waals surface area (Å²) < 4.78 is 7.33. The third-order valence-corrected chi connectivity index (χ3v) is 2.55. The van der Waals surface area contributed by atoms with E-state index in [-0.39, 0.29) is 0 Å².